The molecule has 0 bridgehead atoms. The Morgan fingerprint density at radius 2 is 2.00 bits per heavy atom. The predicted molar refractivity (Wildman–Crippen MR) is 100 cm³/mol. The monoisotopic (exact) mass is 358 g/mol. The molecule has 0 radical (unpaired) electrons. The van der Waals surface area contributed by atoms with Crippen molar-refractivity contribution in [2.75, 3.05) is 50.1 Å². The topological polar surface area (TPSA) is 70.8 Å². The normalized spacial score (nSPS) is 14.7. The molecule has 140 valence electrons. The number of benzene rings is 1. The molecule has 1 aromatic carbocycles. The molecule has 2 heterocycles. The highest BCUT2D eigenvalue weighted by molar-refractivity contribution is 5.91. The second-order valence-corrected chi connectivity index (χ2v) is 6.61. The minimum atomic E-state index is 0.00676. The number of anilines is 2. The third kappa shape index (κ3) is 5.31. The predicted octanol–water partition coefficient (Wildman–Crippen LogP) is 2.28. The second kappa shape index (κ2) is 8.82. The Labute approximate surface area is 153 Å². The molecule has 26 heavy (non-hydrogen) atoms. The van der Waals surface area contributed by atoms with Crippen molar-refractivity contribution in [1.82, 2.24) is 10.1 Å². The van der Waals surface area contributed by atoms with Crippen LogP contribution in [0, 0.1) is 6.92 Å². The molecule has 7 nitrogen and oxygen atoms in total. The largest absolute Gasteiger partial charge is 0.378 e. The molecule has 0 atom stereocenters. The zero-order chi connectivity index (χ0) is 18.4. The molecule has 1 amide bonds. The number of nitrogens with zero attached hydrogens (tertiary/aromatic N) is 3. The Balaban J connectivity index is 1.42. The molecule has 3 rings (SSSR count). The van der Waals surface area contributed by atoms with Gasteiger partial charge >= 0.3 is 0 Å². The quantitative estimate of drug-likeness (QED) is 0.819. The summed E-state index contributed by atoms with van der Waals surface area (Å²) >= 11 is 0. The lowest BCUT2D eigenvalue weighted by Gasteiger charge is -2.28. The molecule has 1 aliphatic rings. The molecule has 1 fully saturated rings. The van der Waals surface area contributed by atoms with E-state index in [1.807, 2.05) is 44.3 Å². The Hall–Kier alpha value is -2.38. The fourth-order valence-electron chi connectivity index (χ4n) is 2.94. The third-order valence-corrected chi connectivity index (χ3v) is 4.36. The fourth-order valence-corrected chi connectivity index (χ4v) is 2.94. The summed E-state index contributed by atoms with van der Waals surface area (Å²) in [5.74, 6) is 0.805. The highest BCUT2D eigenvalue weighted by atomic mass is 16.5. The fraction of sp³-hybridized carbons (Fsp3) is 0.474. The lowest BCUT2D eigenvalue weighted by Crippen LogP contribution is -2.36. The zero-order valence-corrected chi connectivity index (χ0v) is 15.4. The van der Waals surface area contributed by atoms with Gasteiger partial charge in [-0.2, -0.15) is 0 Å². The Kier molecular flexibility index (Phi) is 6.25. The summed E-state index contributed by atoms with van der Waals surface area (Å²) in [6, 6.07) is 9.89. The molecule has 7 heteroatoms. The number of morpholine rings is 1. The van der Waals surface area contributed by atoms with Crippen molar-refractivity contribution in [3.63, 3.8) is 0 Å². The number of hydrogen-bond acceptors (Lipinski definition) is 6. The number of rotatable bonds is 7. The van der Waals surface area contributed by atoms with E-state index in [0.29, 0.717) is 19.5 Å². The first-order valence-corrected chi connectivity index (χ1v) is 8.93. The van der Waals surface area contributed by atoms with E-state index in [4.69, 9.17) is 9.26 Å². The van der Waals surface area contributed by atoms with Gasteiger partial charge in [0.25, 0.3) is 0 Å². The van der Waals surface area contributed by atoms with Crippen molar-refractivity contribution in [2.24, 2.45) is 0 Å². The van der Waals surface area contributed by atoms with E-state index in [1.165, 1.54) is 0 Å². The van der Waals surface area contributed by atoms with Gasteiger partial charge in [0, 0.05) is 50.0 Å². The smallest absolute Gasteiger partial charge is 0.225 e. The molecule has 1 aromatic heterocycles. The van der Waals surface area contributed by atoms with Gasteiger partial charge in [-0.05, 0) is 38.2 Å². The van der Waals surface area contributed by atoms with Crippen LogP contribution in [0.5, 0.6) is 0 Å². The summed E-state index contributed by atoms with van der Waals surface area (Å²) < 4.78 is 10.4. The van der Waals surface area contributed by atoms with E-state index in [2.05, 4.69) is 20.3 Å². The molecule has 0 aliphatic carbocycles. The average molecular weight is 358 g/mol. The van der Waals surface area contributed by atoms with Crippen LogP contribution in [-0.2, 0) is 16.1 Å². The molecule has 1 N–H and O–H groups in total. The van der Waals surface area contributed by atoms with Crippen molar-refractivity contribution in [1.29, 1.82) is 0 Å². The minimum Gasteiger partial charge on any atom is -0.378 e. The van der Waals surface area contributed by atoms with Crippen LogP contribution in [0.3, 0.4) is 0 Å². The van der Waals surface area contributed by atoms with Crippen LogP contribution in [0.2, 0.25) is 0 Å². The first kappa shape index (κ1) is 18.4. The highest BCUT2D eigenvalue weighted by Gasteiger charge is 2.12. The van der Waals surface area contributed by atoms with Crippen molar-refractivity contribution >= 4 is 17.3 Å². The summed E-state index contributed by atoms with van der Waals surface area (Å²) in [7, 11) is 1.97. The first-order valence-electron chi connectivity index (χ1n) is 8.93. The van der Waals surface area contributed by atoms with E-state index >= 15 is 0 Å². The standard InChI is InChI=1S/C19H26N4O3/c1-15-13-17(21-26-15)14-22(2)8-7-19(24)20-16-3-5-18(6-4-16)23-9-11-25-12-10-23/h3-6,13H,7-12,14H2,1-2H3,(H,20,24). The van der Waals surface area contributed by atoms with E-state index in [9.17, 15) is 4.79 Å². The van der Waals surface area contributed by atoms with Crippen molar-refractivity contribution in [2.45, 2.75) is 19.9 Å². The van der Waals surface area contributed by atoms with E-state index in [-0.39, 0.29) is 5.91 Å². The molecular formula is C19H26N4O3. The Morgan fingerprint density at radius 1 is 1.27 bits per heavy atom. The van der Waals surface area contributed by atoms with Crippen molar-refractivity contribution in [3.05, 3.63) is 41.8 Å². The van der Waals surface area contributed by atoms with E-state index < -0.39 is 0 Å². The number of ether oxygens (including phenoxy) is 1. The van der Waals surface area contributed by atoms with Crippen molar-refractivity contribution in [3.8, 4) is 0 Å². The van der Waals surface area contributed by atoms with Crippen LogP contribution < -0.4 is 10.2 Å². The molecular weight excluding hydrogens is 332 g/mol. The van der Waals surface area contributed by atoms with Crippen LogP contribution in [-0.4, -0.2) is 55.9 Å². The Morgan fingerprint density at radius 3 is 2.65 bits per heavy atom. The van der Waals surface area contributed by atoms with Crippen LogP contribution in [0.1, 0.15) is 17.9 Å². The SMILES string of the molecule is Cc1cc(CN(C)CCC(=O)Nc2ccc(N3CCOCC3)cc2)no1. The highest BCUT2D eigenvalue weighted by Crippen LogP contribution is 2.19. The summed E-state index contributed by atoms with van der Waals surface area (Å²) in [6.45, 7) is 6.53. The zero-order valence-electron chi connectivity index (χ0n) is 15.4. The van der Waals surface area contributed by atoms with Gasteiger partial charge in [-0.3, -0.25) is 9.69 Å². The summed E-state index contributed by atoms with van der Waals surface area (Å²) in [6.07, 6.45) is 0.429. The van der Waals surface area contributed by atoms with Crippen LogP contribution >= 0.6 is 0 Å². The number of aromatic nitrogens is 1. The number of nitrogens with one attached hydrogen (secondary N) is 1. The molecule has 1 aliphatic heterocycles. The summed E-state index contributed by atoms with van der Waals surface area (Å²) in [5.41, 5.74) is 2.86. The van der Waals surface area contributed by atoms with Crippen LogP contribution in [0.4, 0.5) is 11.4 Å². The van der Waals surface area contributed by atoms with Crippen molar-refractivity contribution < 1.29 is 14.1 Å². The average Bonchev–Trinajstić information content (AvgIpc) is 3.06. The van der Waals surface area contributed by atoms with Crippen LogP contribution in [0.25, 0.3) is 0 Å². The van der Waals surface area contributed by atoms with Gasteiger partial charge in [-0.1, -0.05) is 5.16 Å². The van der Waals surface area contributed by atoms with E-state index in [1.54, 1.807) is 0 Å². The summed E-state index contributed by atoms with van der Waals surface area (Å²) in [5, 5.41) is 6.92. The number of hydrogen-bond donors (Lipinski definition) is 1. The lowest BCUT2D eigenvalue weighted by atomic mass is 10.2. The summed E-state index contributed by atoms with van der Waals surface area (Å²) in [4.78, 5) is 16.5. The molecule has 2 aromatic rings. The van der Waals surface area contributed by atoms with Gasteiger partial charge in [0.1, 0.15) is 5.76 Å². The third-order valence-electron chi connectivity index (χ3n) is 4.36. The van der Waals surface area contributed by atoms with Gasteiger partial charge in [0.05, 0.1) is 18.9 Å². The molecule has 1 saturated heterocycles. The maximum atomic E-state index is 12.2. The van der Waals surface area contributed by atoms with Crippen LogP contribution in [0.15, 0.2) is 34.9 Å². The first-order chi connectivity index (χ1) is 12.6. The maximum Gasteiger partial charge on any atom is 0.225 e. The molecule has 0 saturated carbocycles. The minimum absolute atomic E-state index is 0.00676. The number of aryl methyl sites for hydroxylation is 1. The van der Waals surface area contributed by atoms with Gasteiger partial charge < -0.3 is 19.5 Å². The second-order valence-electron chi connectivity index (χ2n) is 6.61. The number of amides is 1. The molecule has 0 unspecified atom stereocenters. The Bertz CT molecular complexity index is 708. The van der Waals surface area contributed by atoms with Gasteiger partial charge in [0.2, 0.25) is 5.91 Å². The van der Waals surface area contributed by atoms with E-state index in [0.717, 1.165) is 49.1 Å². The number of carbonyl (C=O) groups is 1. The van der Waals surface area contributed by atoms with Gasteiger partial charge in [-0.15, -0.1) is 0 Å². The maximum absolute atomic E-state index is 12.2. The van der Waals surface area contributed by atoms with Gasteiger partial charge in [-0.25, -0.2) is 0 Å². The molecule has 0 spiro atoms. The lowest BCUT2D eigenvalue weighted by molar-refractivity contribution is -0.116. The van der Waals surface area contributed by atoms with Gasteiger partial charge in [0.15, 0.2) is 0 Å². The number of carbonyl (C=O) groups excluding carboxylic acids is 1.